The highest BCUT2D eigenvalue weighted by molar-refractivity contribution is 5.99. The molecule has 1 amide bonds. The van der Waals surface area contributed by atoms with E-state index < -0.39 is 0 Å². The summed E-state index contributed by atoms with van der Waals surface area (Å²) in [5.41, 5.74) is 6.58. The minimum absolute atomic E-state index is 0.111. The van der Waals surface area contributed by atoms with Gasteiger partial charge in [-0.15, -0.1) is 0 Å². The molecule has 0 radical (unpaired) electrons. The van der Waals surface area contributed by atoms with Crippen molar-refractivity contribution in [2.45, 2.75) is 13.0 Å². The molecule has 0 aliphatic heterocycles. The number of aromatic nitrogens is 1. The lowest BCUT2D eigenvalue weighted by molar-refractivity contribution is 0.0933. The van der Waals surface area contributed by atoms with Gasteiger partial charge < -0.3 is 15.6 Å². The van der Waals surface area contributed by atoms with Crippen LogP contribution in [0.2, 0.25) is 0 Å². The summed E-state index contributed by atoms with van der Waals surface area (Å²) in [4.78, 5) is 12.0. The Labute approximate surface area is 105 Å². The van der Waals surface area contributed by atoms with Gasteiger partial charge in [0.15, 0.2) is 0 Å². The highest BCUT2D eigenvalue weighted by Crippen LogP contribution is 2.21. The van der Waals surface area contributed by atoms with Crippen molar-refractivity contribution in [3.8, 4) is 0 Å². The second-order valence-electron chi connectivity index (χ2n) is 4.37. The highest BCUT2D eigenvalue weighted by atomic mass is 19.1. The summed E-state index contributed by atoms with van der Waals surface area (Å²) >= 11 is 0. The maximum absolute atomic E-state index is 13.6. The molecule has 96 valence electrons. The Morgan fingerprint density at radius 2 is 2.28 bits per heavy atom. The number of halogens is 1. The molecule has 0 saturated carbocycles. The van der Waals surface area contributed by atoms with Crippen molar-refractivity contribution in [1.29, 1.82) is 0 Å². The van der Waals surface area contributed by atoms with E-state index in [-0.39, 0.29) is 17.8 Å². The zero-order valence-electron chi connectivity index (χ0n) is 10.4. The first-order chi connectivity index (χ1) is 8.54. The van der Waals surface area contributed by atoms with E-state index in [9.17, 15) is 9.18 Å². The van der Waals surface area contributed by atoms with Crippen LogP contribution in [0.25, 0.3) is 10.9 Å². The van der Waals surface area contributed by atoms with Gasteiger partial charge in [-0.25, -0.2) is 4.39 Å². The number of nitrogens with one attached hydrogen (secondary N) is 1. The van der Waals surface area contributed by atoms with Crippen LogP contribution in [0.5, 0.6) is 0 Å². The van der Waals surface area contributed by atoms with E-state index >= 15 is 0 Å². The predicted molar refractivity (Wildman–Crippen MR) is 68.9 cm³/mol. The Morgan fingerprint density at radius 1 is 1.56 bits per heavy atom. The normalized spacial score (nSPS) is 12.7. The Balaban J connectivity index is 2.43. The van der Waals surface area contributed by atoms with Crippen molar-refractivity contribution >= 4 is 16.8 Å². The number of carbonyl (C=O) groups excluding carboxylic acids is 1. The van der Waals surface area contributed by atoms with E-state index in [4.69, 9.17) is 5.73 Å². The standard InChI is InChI=1S/C13H16FN3O/c1-8(7-15)16-13(18)12-6-9-10(14)4-3-5-11(9)17(12)2/h3-6,8H,7,15H2,1-2H3,(H,16,18). The van der Waals surface area contributed by atoms with Crippen molar-refractivity contribution in [1.82, 2.24) is 9.88 Å². The monoisotopic (exact) mass is 249 g/mol. The minimum atomic E-state index is -0.325. The third-order valence-corrected chi connectivity index (χ3v) is 3.00. The fourth-order valence-electron chi connectivity index (χ4n) is 1.90. The fraction of sp³-hybridized carbons (Fsp3) is 0.308. The molecule has 0 aliphatic carbocycles. The average molecular weight is 249 g/mol. The molecule has 0 saturated heterocycles. The summed E-state index contributed by atoms with van der Waals surface area (Å²) in [6.45, 7) is 2.19. The van der Waals surface area contributed by atoms with Crippen LogP contribution in [-0.2, 0) is 7.05 Å². The summed E-state index contributed by atoms with van der Waals surface area (Å²) in [6, 6.07) is 6.24. The molecule has 0 bridgehead atoms. The number of rotatable bonds is 3. The molecule has 1 aromatic heterocycles. The summed E-state index contributed by atoms with van der Waals surface area (Å²) < 4.78 is 15.3. The molecule has 2 rings (SSSR count). The van der Waals surface area contributed by atoms with Gasteiger partial charge in [0.1, 0.15) is 11.5 Å². The number of nitrogens with two attached hydrogens (primary N) is 1. The minimum Gasteiger partial charge on any atom is -0.347 e. The number of hydrogen-bond donors (Lipinski definition) is 2. The lowest BCUT2D eigenvalue weighted by atomic mass is 10.2. The van der Waals surface area contributed by atoms with Crippen molar-refractivity contribution < 1.29 is 9.18 Å². The predicted octanol–water partition coefficient (Wildman–Crippen LogP) is 1.39. The van der Waals surface area contributed by atoms with Crippen LogP contribution in [-0.4, -0.2) is 23.1 Å². The van der Waals surface area contributed by atoms with Crippen LogP contribution in [0.3, 0.4) is 0 Å². The van der Waals surface area contributed by atoms with Gasteiger partial charge in [0.05, 0.1) is 5.52 Å². The first-order valence-electron chi connectivity index (χ1n) is 5.79. The van der Waals surface area contributed by atoms with E-state index in [0.717, 1.165) is 0 Å². The number of carbonyl (C=O) groups is 1. The zero-order valence-corrected chi connectivity index (χ0v) is 10.4. The fourth-order valence-corrected chi connectivity index (χ4v) is 1.90. The Morgan fingerprint density at radius 3 is 2.89 bits per heavy atom. The average Bonchev–Trinajstić information content (AvgIpc) is 2.69. The maximum Gasteiger partial charge on any atom is 0.268 e. The van der Waals surface area contributed by atoms with E-state index in [1.54, 1.807) is 29.8 Å². The van der Waals surface area contributed by atoms with Crippen molar-refractivity contribution in [3.05, 3.63) is 35.8 Å². The van der Waals surface area contributed by atoms with E-state index in [2.05, 4.69) is 5.32 Å². The molecule has 1 aromatic carbocycles. The van der Waals surface area contributed by atoms with Gasteiger partial charge in [0.25, 0.3) is 5.91 Å². The zero-order chi connectivity index (χ0) is 13.3. The lowest BCUT2D eigenvalue weighted by Crippen LogP contribution is -2.38. The Hall–Kier alpha value is -1.88. The quantitative estimate of drug-likeness (QED) is 0.863. The molecule has 18 heavy (non-hydrogen) atoms. The first-order valence-corrected chi connectivity index (χ1v) is 5.79. The molecular formula is C13H16FN3O. The number of benzene rings is 1. The Kier molecular flexibility index (Phi) is 3.34. The summed E-state index contributed by atoms with van der Waals surface area (Å²) in [6.07, 6.45) is 0. The highest BCUT2D eigenvalue weighted by Gasteiger charge is 2.16. The number of nitrogens with zero attached hydrogens (tertiary/aromatic N) is 1. The molecule has 2 aromatic rings. The van der Waals surface area contributed by atoms with Crippen molar-refractivity contribution in [2.75, 3.05) is 6.54 Å². The van der Waals surface area contributed by atoms with Crippen LogP contribution in [0.15, 0.2) is 24.3 Å². The number of amides is 1. The van der Waals surface area contributed by atoms with Gasteiger partial charge in [0.2, 0.25) is 0 Å². The lowest BCUT2D eigenvalue weighted by Gasteiger charge is -2.11. The SMILES string of the molecule is CC(CN)NC(=O)c1cc2c(F)cccc2n1C. The van der Waals surface area contributed by atoms with Gasteiger partial charge in [-0.3, -0.25) is 4.79 Å². The van der Waals surface area contributed by atoms with Crippen LogP contribution >= 0.6 is 0 Å². The van der Waals surface area contributed by atoms with Crippen LogP contribution in [0.1, 0.15) is 17.4 Å². The molecule has 1 unspecified atom stereocenters. The van der Waals surface area contributed by atoms with Crippen LogP contribution < -0.4 is 11.1 Å². The van der Waals surface area contributed by atoms with E-state index in [1.165, 1.54) is 6.07 Å². The van der Waals surface area contributed by atoms with E-state index in [0.29, 0.717) is 23.1 Å². The molecule has 5 heteroatoms. The molecule has 0 aliphatic rings. The van der Waals surface area contributed by atoms with Crippen LogP contribution in [0.4, 0.5) is 4.39 Å². The molecule has 0 fully saturated rings. The second kappa shape index (κ2) is 4.78. The third-order valence-electron chi connectivity index (χ3n) is 3.00. The molecule has 3 N–H and O–H groups in total. The van der Waals surface area contributed by atoms with Gasteiger partial charge in [-0.1, -0.05) is 6.07 Å². The van der Waals surface area contributed by atoms with Crippen LogP contribution in [0, 0.1) is 5.82 Å². The van der Waals surface area contributed by atoms with Gasteiger partial charge in [-0.2, -0.15) is 0 Å². The largest absolute Gasteiger partial charge is 0.347 e. The number of fused-ring (bicyclic) bond motifs is 1. The smallest absolute Gasteiger partial charge is 0.268 e. The first kappa shape index (κ1) is 12.6. The maximum atomic E-state index is 13.6. The molecule has 0 spiro atoms. The number of aryl methyl sites for hydroxylation is 1. The van der Waals surface area contributed by atoms with Crippen molar-refractivity contribution in [3.63, 3.8) is 0 Å². The van der Waals surface area contributed by atoms with Gasteiger partial charge >= 0.3 is 0 Å². The summed E-state index contributed by atoms with van der Waals surface area (Å²) in [5.74, 6) is -0.569. The third kappa shape index (κ3) is 2.09. The topological polar surface area (TPSA) is 60.0 Å². The van der Waals surface area contributed by atoms with Gasteiger partial charge in [-0.05, 0) is 25.1 Å². The summed E-state index contributed by atoms with van der Waals surface area (Å²) in [5, 5.41) is 3.21. The van der Waals surface area contributed by atoms with Crippen molar-refractivity contribution in [2.24, 2.45) is 12.8 Å². The molecule has 4 nitrogen and oxygen atoms in total. The second-order valence-corrected chi connectivity index (χ2v) is 4.37. The molecule has 1 heterocycles. The van der Waals surface area contributed by atoms with Gasteiger partial charge in [0, 0.05) is 25.0 Å². The number of hydrogen-bond acceptors (Lipinski definition) is 2. The summed E-state index contributed by atoms with van der Waals surface area (Å²) in [7, 11) is 1.74. The molecule has 1 atom stereocenters. The Bertz CT molecular complexity index is 591. The van der Waals surface area contributed by atoms with E-state index in [1.807, 2.05) is 6.92 Å². The molecular weight excluding hydrogens is 233 g/mol.